The normalized spacial score (nSPS) is 52.3. The van der Waals surface area contributed by atoms with Crippen molar-refractivity contribution < 1.29 is 29.3 Å². The highest BCUT2D eigenvalue weighted by molar-refractivity contribution is 5.90. The van der Waals surface area contributed by atoms with Gasteiger partial charge in [0.15, 0.2) is 0 Å². The minimum Gasteiger partial charge on any atom is -0.480 e. The molecule has 2 saturated carbocycles. The first-order valence-corrected chi connectivity index (χ1v) is 4.40. The number of aliphatic hydroxyl groups excluding tert-OH is 1. The minimum absolute atomic E-state index is 0.226. The highest BCUT2D eigenvalue weighted by Crippen LogP contribution is 2.66. The quantitative estimate of drug-likeness (QED) is 0.452. The first-order chi connectivity index (χ1) is 6.77. The molecule has 2 aliphatic carbocycles. The molecule has 2 fully saturated rings. The Labute approximate surface area is 83.5 Å². The molecule has 0 aromatic heterocycles. The molecule has 0 saturated heterocycles. The van der Waals surface area contributed by atoms with Gasteiger partial charge in [0, 0.05) is 11.8 Å². The zero-order valence-corrected chi connectivity index (χ0v) is 7.55. The van der Waals surface area contributed by atoms with Gasteiger partial charge in [0.1, 0.15) is 5.54 Å². The molecule has 0 bridgehead atoms. The van der Waals surface area contributed by atoms with Crippen LogP contribution in [0.15, 0.2) is 0 Å². The minimum atomic E-state index is -2.59. The van der Waals surface area contributed by atoms with Crippen molar-refractivity contribution in [2.75, 3.05) is 0 Å². The summed E-state index contributed by atoms with van der Waals surface area (Å²) in [5.41, 5.74) is 0.617. The molecule has 4 unspecified atom stereocenters. The summed E-state index contributed by atoms with van der Waals surface area (Å²) in [6.07, 6.45) is -1.62. The second kappa shape index (κ2) is 2.48. The third-order valence-corrected chi connectivity index (χ3v) is 3.53. The van der Waals surface area contributed by atoms with Gasteiger partial charge in [-0.15, -0.1) is 0 Å². The Morgan fingerprint density at radius 1 is 1.33 bits per heavy atom. The van der Waals surface area contributed by atoms with Crippen LogP contribution in [0.25, 0.3) is 0 Å². The Hall–Kier alpha value is -1.21. The summed E-state index contributed by atoms with van der Waals surface area (Å²) in [6.45, 7) is 0. The molecule has 6 nitrogen and oxygen atoms in total. The molecule has 5 atom stereocenters. The number of carbonyl (C=O) groups is 2. The SMILES string of the molecule is NC1(C(=O)O)C(O)CC2C1[C@]2(F)C(=O)O. The van der Waals surface area contributed by atoms with Gasteiger partial charge in [0.25, 0.3) is 0 Å². The van der Waals surface area contributed by atoms with Crippen LogP contribution in [0.4, 0.5) is 4.39 Å². The van der Waals surface area contributed by atoms with E-state index in [1.54, 1.807) is 0 Å². The van der Waals surface area contributed by atoms with Crippen LogP contribution in [-0.2, 0) is 9.59 Å². The van der Waals surface area contributed by atoms with Crippen LogP contribution in [0, 0.1) is 11.8 Å². The largest absolute Gasteiger partial charge is 0.480 e. The molecule has 2 aliphatic rings. The average molecular weight is 219 g/mol. The Kier molecular flexibility index (Phi) is 1.70. The number of nitrogens with two attached hydrogens (primary N) is 1. The van der Waals surface area contributed by atoms with Crippen LogP contribution in [0.1, 0.15) is 6.42 Å². The van der Waals surface area contributed by atoms with E-state index in [0.717, 1.165) is 0 Å². The molecule has 0 amide bonds. The van der Waals surface area contributed by atoms with Crippen LogP contribution >= 0.6 is 0 Å². The fraction of sp³-hybridized carbons (Fsp3) is 0.750. The highest BCUT2D eigenvalue weighted by atomic mass is 19.1. The summed E-state index contributed by atoms with van der Waals surface area (Å²) in [4.78, 5) is 21.4. The van der Waals surface area contributed by atoms with E-state index in [2.05, 4.69) is 0 Å². The van der Waals surface area contributed by atoms with E-state index < -0.39 is 41.1 Å². The molecule has 0 spiro atoms. The molecule has 15 heavy (non-hydrogen) atoms. The number of alkyl halides is 1. The predicted molar refractivity (Wildman–Crippen MR) is 43.6 cm³/mol. The molecule has 7 heteroatoms. The zero-order chi connectivity index (χ0) is 11.6. The Bertz CT molecular complexity index is 361. The third-order valence-electron chi connectivity index (χ3n) is 3.53. The van der Waals surface area contributed by atoms with Gasteiger partial charge in [-0.25, -0.2) is 9.18 Å². The van der Waals surface area contributed by atoms with Gasteiger partial charge in [-0.2, -0.15) is 0 Å². The van der Waals surface area contributed by atoms with Crippen LogP contribution in [0.3, 0.4) is 0 Å². The van der Waals surface area contributed by atoms with Crippen molar-refractivity contribution in [3.05, 3.63) is 0 Å². The van der Waals surface area contributed by atoms with Crippen molar-refractivity contribution in [2.24, 2.45) is 17.6 Å². The van der Waals surface area contributed by atoms with Crippen molar-refractivity contribution in [3.63, 3.8) is 0 Å². The number of rotatable bonds is 2. The molecule has 0 heterocycles. The lowest BCUT2D eigenvalue weighted by molar-refractivity contribution is -0.153. The molecule has 0 aromatic rings. The van der Waals surface area contributed by atoms with Crippen LogP contribution in [0.2, 0.25) is 0 Å². The van der Waals surface area contributed by atoms with Crippen molar-refractivity contribution in [1.29, 1.82) is 0 Å². The molecule has 5 N–H and O–H groups in total. The number of fused-ring (bicyclic) bond motifs is 1. The van der Waals surface area contributed by atoms with Crippen LogP contribution in [-0.4, -0.2) is 44.6 Å². The maximum atomic E-state index is 13.7. The summed E-state index contributed by atoms with van der Waals surface area (Å²) >= 11 is 0. The number of carboxylic acid groups (broad SMARTS) is 2. The molecule has 0 radical (unpaired) electrons. The molecule has 84 valence electrons. The lowest BCUT2D eigenvalue weighted by Gasteiger charge is -2.27. The molecular formula is C8H10FNO5. The summed E-state index contributed by atoms with van der Waals surface area (Å²) in [5.74, 6) is -5.61. The average Bonchev–Trinajstić information content (AvgIpc) is 2.60. The van der Waals surface area contributed by atoms with E-state index >= 15 is 0 Å². The fourth-order valence-electron chi connectivity index (χ4n) is 2.62. The maximum absolute atomic E-state index is 13.7. The number of aliphatic hydroxyl groups is 1. The Morgan fingerprint density at radius 3 is 2.27 bits per heavy atom. The molecule has 0 aliphatic heterocycles. The second-order valence-electron chi connectivity index (χ2n) is 4.15. The van der Waals surface area contributed by atoms with E-state index in [1.807, 2.05) is 0 Å². The van der Waals surface area contributed by atoms with Crippen molar-refractivity contribution in [3.8, 4) is 0 Å². The lowest BCUT2D eigenvalue weighted by atomic mass is 9.88. The van der Waals surface area contributed by atoms with Gasteiger partial charge in [-0.3, -0.25) is 4.79 Å². The van der Waals surface area contributed by atoms with E-state index in [4.69, 9.17) is 15.9 Å². The first-order valence-electron chi connectivity index (χ1n) is 4.40. The molecule has 0 aromatic carbocycles. The number of carboxylic acids is 2. The van der Waals surface area contributed by atoms with Gasteiger partial charge in [-0.1, -0.05) is 0 Å². The lowest BCUT2D eigenvalue weighted by Crippen LogP contribution is -2.59. The smallest absolute Gasteiger partial charge is 0.342 e. The first kappa shape index (κ1) is 10.3. The Balaban J connectivity index is 2.37. The van der Waals surface area contributed by atoms with Crippen LogP contribution < -0.4 is 5.73 Å². The van der Waals surface area contributed by atoms with Gasteiger partial charge >= 0.3 is 11.9 Å². The number of hydrogen-bond acceptors (Lipinski definition) is 4. The number of aliphatic carboxylic acids is 2. The van der Waals surface area contributed by atoms with Crippen molar-refractivity contribution >= 4 is 11.9 Å². The summed E-state index contributed by atoms with van der Waals surface area (Å²) in [5, 5.41) is 26.8. The van der Waals surface area contributed by atoms with E-state index in [9.17, 15) is 19.1 Å². The molecular weight excluding hydrogens is 209 g/mol. The van der Waals surface area contributed by atoms with Gasteiger partial charge in [-0.05, 0) is 6.42 Å². The monoisotopic (exact) mass is 219 g/mol. The van der Waals surface area contributed by atoms with E-state index in [-0.39, 0.29) is 6.42 Å². The summed E-state index contributed by atoms with van der Waals surface area (Å²) in [7, 11) is 0. The molecule has 2 rings (SSSR count). The topological polar surface area (TPSA) is 121 Å². The van der Waals surface area contributed by atoms with Crippen molar-refractivity contribution in [1.82, 2.24) is 0 Å². The van der Waals surface area contributed by atoms with E-state index in [1.165, 1.54) is 0 Å². The second-order valence-corrected chi connectivity index (χ2v) is 4.15. The van der Waals surface area contributed by atoms with Crippen molar-refractivity contribution in [2.45, 2.75) is 23.7 Å². The van der Waals surface area contributed by atoms with E-state index in [0.29, 0.717) is 0 Å². The standard InChI is InChI=1S/C8H10FNO5/c9-7(5(12)13)2-1-3(11)8(10,4(2)7)6(14)15/h2-4,11H,1,10H2,(H,12,13)(H,14,15)/t2?,3?,4?,7-,8?/m0/s1. The van der Waals surface area contributed by atoms with Gasteiger partial charge in [0.2, 0.25) is 5.67 Å². The number of hydrogen-bond donors (Lipinski definition) is 4. The predicted octanol–water partition coefficient (Wildman–Crippen LogP) is -1.43. The Morgan fingerprint density at radius 2 is 1.87 bits per heavy atom. The fourth-order valence-corrected chi connectivity index (χ4v) is 2.62. The summed E-state index contributed by atoms with van der Waals surface area (Å²) < 4.78 is 13.7. The number of halogens is 1. The zero-order valence-electron chi connectivity index (χ0n) is 7.55. The summed E-state index contributed by atoms with van der Waals surface area (Å²) in [6, 6.07) is 0. The van der Waals surface area contributed by atoms with Gasteiger partial charge < -0.3 is 21.1 Å². The van der Waals surface area contributed by atoms with Gasteiger partial charge in [0.05, 0.1) is 6.10 Å². The maximum Gasteiger partial charge on any atom is 0.342 e. The highest BCUT2D eigenvalue weighted by Gasteiger charge is 2.84. The van der Waals surface area contributed by atoms with Crippen LogP contribution in [0.5, 0.6) is 0 Å². The third kappa shape index (κ3) is 0.895.